The number of ether oxygens (including phenoxy) is 1. The second kappa shape index (κ2) is 14.5. The number of halogens is 1. The molecule has 3 aromatic carbocycles. The van der Waals surface area contributed by atoms with Gasteiger partial charge in [0.25, 0.3) is 0 Å². The zero-order valence-corrected chi connectivity index (χ0v) is 25.1. The molecule has 1 amide bonds. The molecule has 0 bridgehead atoms. The lowest BCUT2D eigenvalue weighted by Gasteiger charge is -2.35. The van der Waals surface area contributed by atoms with E-state index in [-0.39, 0.29) is 30.1 Å². The molecule has 2 fully saturated rings. The van der Waals surface area contributed by atoms with E-state index in [4.69, 9.17) is 4.74 Å². The maximum atomic E-state index is 13.4. The number of carbonyl (C=O) groups excluding carboxylic acids is 1. The first-order valence-corrected chi connectivity index (χ1v) is 15.8. The van der Waals surface area contributed by atoms with Crippen LogP contribution in [-0.2, 0) is 24.1 Å². The van der Waals surface area contributed by atoms with E-state index < -0.39 is 0 Å². The zero-order valence-electron chi connectivity index (χ0n) is 25.1. The van der Waals surface area contributed by atoms with E-state index in [0.29, 0.717) is 19.4 Å². The number of amides is 1. The van der Waals surface area contributed by atoms with Crippen molar-refractivity contribution in [2.75, 3.05) is 31.1 Å². The molecule has 230 valence electrons. The minimum absolute atomic E-state index is 0.0126. The van der Waals surface area contributed by atoms with Crippen LogP contribution in [0.2, 0.25) is 0 Å². The maximum Gasteiger partial charge on any atom is 0.407 e. The highest BCUT2D eigenvalue weighted by molar-refractivity contribution is 5.68. The molecule has 1 aliphatic carbocycles. The molecule has 1 saturated carbocycles. The second-order valence-corrected chi connectivity index (χ2v) is 11.9. The van der Waals surface area contributed by atoms with Crippen LogP contribution >= 0.6 is 0 Å². The highest BCUT2D eigenvalue weighted by Gasteiger charge is 2.29. The highest BCUT2D eigenvalue weighted by atomic mass is 19.1. The van der Waals surface area contributed by atoms with Crippen molar-refractivity contribution < 1.29 is 13.9 Å². The fourth-order valence-corrected chi connectivity index (χ4v) is 6.36. The van der Waals surface area contributed by atoms with Gasteiger partial charge in [0, 0.05) is 38.4 Å². The smallest absolute Gasteiger partial charge is 0.407 e. The summed E-state index contributed by atoms with van der Waals surface area (Å²) in [5.74, 6) is -0.215. The molecule has 2 aliphatic rings. The fraction of sp³-hybridized carbons (Fsp3) is 0.400. The summed E-state index contributed by atoms with van der Waals surface area (Å²) in [5, 5.41) is 12.4. The molecule has 1 saturated heterocycles. The van der Waals surface area contributed by atoms with Crippen LogP contribution in [0.5, 0.6) is 0 Å². The Labute approximate surface area is 258 Å². The van der Waals surface area contributed by atoms with Crippen molar-refractivity contribution in [2.45, 2.75) is 63.3 Å². The molecule has 1 aromatic heterocycles. The lowest BCUT2D eigenvalue weighted by molar-refractivity contribution is 0.0946. The van der Waals surface area contributed by atoms with Gasteiger partial charge in [-0.25, -0.2) is 13.9 Å². The van der Waals surface area contributed by atoms with E-state index in [1.165, 1.54) is 12.1 Å². The van der Waals surface area contributed by atoms with Gasteiger partial charge < -0.3 is 15.0 Å². The third kappa shape index (κ3) is 8.02. The summed E-state index contributed by atoms with van der Waals surface area (Å²) in [6.07, 6.45) is 7.03. The van der Waals surface area contributed by atoms with Gasteiger partial charge in [0.2, 0.25) is 0 Å². The third-order valence-electron chi connectivity index (χ3n) is 8.78. The maximum absolute atomic E-state index is 13.4. The molecule has 0 radical (unpaired) electrons. The number of benzene rings is 3. The van der Waals surface area contributed by atoms with Crippen LogP contribution < -0.4 is 10.2 Å². The van der Waals surface area contributed by atoms with Gasteiger partial charge in [0.1, 0.15) is 11.9 Å². The van der Waals surface area contributed by atoms with E-state index in [9.17, 15) is 9.18 Å². The topological polar surface area (TPSA) is 75.5 Å². The first kappa shape index (κ1) is 29.8. The fourth-order valence-electron chi connectivity index (χ4n) is 6.36. The number of alkyl carbamates (subject to hydrolysis) is 1. The van der Waals surface area contributed by atoms with Crippen LogP contribution in [0.25, 0.3) is 0 Å². The quantitative estimate of drug-likeness (QED) is 0.236. The van der Waals surface area contributed by atoms with Crippen LogP contribution in [0.1, 0.15) is 48.5 Å². The number of piperazine rings is 1. The molecule has 0 spiro atoms. The number of aromatic nitrogens is 3. The van der Waals surface area contributed by atoms with Crippen LogP contribution in [0.15, 0.2) is 91.1 Å². The first-order chi connectivity index (χ1) is 21.6. The van der Waals surface area contributed by atoms with Crippen molar-refractivity contribution in [1.82, 2.24) is 25.2 Å². The molecule has 2 heterocycles. The molecule has 9 heteroatoms. The van der Waals surface area contributed by atoms with Crippen LogP contribution in [0, 0.1) is 5.82 Å². The highest BCUT2D eigenvalue weighted by Crippen LogP contribution is 2.24. The van der Waals surface area contributed by atoms with Crippen molar-refractivity contribution in [3.8, 4) is 0 Å². The van der Waals surface area contributed by atoms with Gasteiger partial charge in [-0.05, 0) is 73.9 Å². The Balaban J connectivity index is 1.18. The van der Waals surface area contributed by atoms with Gasteiger partial charge in [-0.1, -0.05) is 65.9 Å². The average Bonchev–Trinajstić information content (AvgIpc) is 3.74. The van der Waals surface area contributed by atoms with Gasteiger partial charge in [0.15, 0.2) is 0 Å². The Kier molecular flexibility index (Phi) is 9.82. The summed E-state index contributed by atoms with van der Waals surface area (Å²) in [6.45, 7) is 4.17. The van der Waals surface area contributed by atoms with E-state index >= 15 is 0 Å². The van der Waals surface area contributed by atoms with Gasteiger partial charge in [0.05, 0.1) is 24.0 Å². The molecule has 1 N–H and O–H groups in total. The molecule has 0 unspecified atom stereocenters. The van der Waals surface area contributed by atoms with E-state index in [2.05, 4.69) is 49.7 Å². The summed E-state index contributed by atoms with van der Waals surface area (Å²) in [4.78, 5) is 17.9. The van der Waals surface area contributed by atoms with Gasteiger partial charge in [-0.15, -0.1) is 5.10 Å². The van der Waals surface area contributed by atoms with Crippen LogP contribution in [0.4, 0.5) is 14.9 Å². The number of hydrogen-bond donors (Lipinski definition) is 1. The summed E-state index contributed by atoms with van der Waals surface area (Å²) >= 11 is 0. The molecular formula is C35H41FN6O2. The van der Waals surface area contributed by atoms with Crippen molar-refractivity contribution in [3.05, 3.63) is 114 Å². The predicted octanol–water partition coefficient (Wildman–Crippen LogP) is 5.80. The normalized spacial score (nSPS) is 17.3. The van der Waals surface area contributed by atoms with Crippen molar-refractivity contribution in [3.63, 3.8) is 0 Å². The summed E-state index contributed by atoms with van der Waals surface area (Å²) in [6, 6.07) is 26.8. The SMILES string of the molecule is O=C(N[C@@H](Cc1ccccc1)[C@H](Cc1ccccc1)n1cc(CN2CCN(c3ccc(F)cc3)CC2)nn1)OC1CCCC1. The van der Waals surface area contributed by atoms with Crippen molar-refractivity contribution in [2.24, 2.45) is 0 Å². The van der Waals surface area contributed by atoms with Gasteiger partial charge in [-0.2, -0.15) is 0 Å². The molecule has 2 atom stereocenters. The van der Waals surface area contributed by atoms with E-state index in [1.807, 2.05) is 59.4 Å². The molecule has 8 nitrogen and oxygen atoms in total. The van der Waals surface area contributed by atoms with E-state index in [0.717, 1.165) is 74.4 Å². The van der Waals surface area contributed by atoms with Crippen molar-refractivity contribution >= 4 is 11.8 Å². The van der Waals surface area contributed by atoms with Crippen molar-refractivity contribution in [1.29, 1.82) is 0 Å². The number of rotatable bonds is 11. The molecule has 1 aliphatic heterocycles. The van der Waals surface area contributed by atoms with Crippen LogP contribution in [-0.4, -0.2) is 64.3 Å². The summed E-state index contributed by atoms with van der Waals surface area (Å²) < 4.78 is 21.1. The Hall–Kier alpha value is -4.24. The Bertz CT molecular complexity index is 1450. The Morgan fingerprint density at radius 1 is 0.864 bits per heavy atom. The largest absolute Gasteiger partial charge is 0.446 e. The minimum atomic E-state index is -0.366. The first-order valence-electron chi connectivity index (χ1n) is 15.8. The number of hydrogen-bond acceptors (Lipinski definition) is 6. The Morgan fingerprint density at radius 2 is 1.50 bits per heavy atom. The lowest BCUT2D eigenvalue weighted by atomic mass is 9.94. The van der Waals surface area contributed by atoms with Gasteiger partial charge >= 0.3 is 6.09 Å². The van der Waals surface area contributed by atoms with Gasteiger partial charge in [-0.3, -0.25) is 4.90 Å². The molecular weight excluding hydrogens is 555 g/mol. The van der Waals surface area contributed by atoms with E-state index in [1.54, 1.807) is 0 Å². The Morgan fingerprint density at radius 3 is 2.16 bits per heavy atom. The molecule has 6 rings (SSSR count). The van der Waals surface area contributed by atoms with Crippen LogP contribution in [0.3, 0.4) is 0 Å². The molecule has 44 heavy (non-hydrogen) atoms. The summed E-state index contributed by atoms with van der Waals surface area (Å²) in [7, 11) is 0. The number of carbonyl (C=O) groups is 1. The monoisotopic (exact) mass is 596 g/mol. The number of anilines is 1. The minimum Gasteiger partial charge on any atom is -0.446 e. The number of nitrogens with one attached hydrogen (secondary N) is 1. The standard InChI is InChI=1S/C35H41FN6O2/c36-29-15-17-31(18-16-29)41-21-19-40(20-22-41)25-30-26-42(39-38-30)34(24-28-11-5-2-6-12-28)33(23-27-9-3-1-4-10-27)37-35(43)44-32-13-7-8-14-32/h1-6,9-12,15-18,26,32-34H,7-8,13-14,19-25H2,(H,37,43)/t33-,34-/m0/s1. The molecule has 4 aromatic rings. The third-order valence-corrected chi connectivity index (χ3v) is 8.78. The summed E-state index contributed by atoms with van der Waals surface area (Å²) in [5.41, 5.74) is 4.24. The number of nitrogens with zero attached hydrogens (tertiary/aromatic N) is 5. The lowest BCUT2D eigenvalue weighted by Crippen LogP contribution is -2.46. The predicted molar refractivity (Wildman–Crippen MR) is 169 cm³/mol. The zero-order chi connectivity index (χ0) is 30.1. The second-order valence-electron chi connectivity index (χ2n) is 11.9. The average molecular weight is 597 g/mol.